The summed E-state index contributed by atoms with van der Waals surface area (Å²) in [7, 11) is 0. The minimum atomic E-state index is -0.0649. The van der Waals surface area contributed by atoms with Gasteiger partial charge in [0.1, 0.15) is 5.75 Å². The lowest BCUT2D eigenvalue weighted by Gasteiger charge is -2.08. The number of phenolic OH excluding ortho intramolecular Hbond substituents is 1. The maximum Gasteiger partial charge on any atom is 0.123 e. The summed E-state index contributed by atoms with van der Waals surface area (Å²) >= 11 is 0. The zero-order valence-corrected chi connectivity index (χ0v) is 11.1. The van der Waals surface area contributed by atoms with Crippen LogP contribution in [0.1, 0.15) is 37.8 Å². The van der Waals surface area contributed by atoms with E-state index in [1.54, 1.807) is 6.07 Å². The molecule has 0 heterocycles. The molecule has 0 unspecified atom stereocenters. The third-order valence-corrected chi connectivity index (χ3v) is 3.09. The lowest BCUT2D eigenvalue weighted by Crippen LogP contribution is -1.99. The Morgan fingerprint density at radius 1 is 1.33 bits per heavy atom. The van der Waals surface area contributed by atoms with E-state index in [1.165, 1.54) is 0 Å². The maximum absolute atomic E-state index is 9.86. The number of phenols is 1. The predicted molar refractivity (Wildman–Crippen MR) is 73.2 cm³/mol. The smallest absolute Gasteiger partial charge is 0.123 e. The summed E-state index contributed by atoms with van der Waals surface area (Å²) in [5, 5.41) is 27.8. The molecule has 1 aromatic carbocycles. The average Bonchev–Trinajstić information content (AvgIpc) is 2.37. The first-order valence-electron chi connectivity index (χ1n) is 6.29. The molecular formula is C15H22O3. The quantitative estimate of drug-likeness (QED) is 0.727. The molecule has 0 aromatic heterocycles. The van der Waals surface area contributed by atoms with E-state index in [0.717, 1.165) is 24.0 Å². The topological polar surface area (TPSA) is 60.7 Å². The van der Waals surface area contributed by atoms with Crippen molar-refractivity contribution in [1.82, 2.24) is 0 Å². The van der Waals surface area contributed by atoms with Crippen molar-refractivity contribution in [3.05, 3.63) is 35.4 Å². The van der Waals surface area contributed by atoms with Crippen molar-refractivity contribution in [3.8, 4) is 5.75 Å². The molecule has 1 atom stereocenters. The van der Waals surface area contributed by atoms with E-state index >= 15 is 0 Å². The Balaban J connectivity index is 2.71. The van der Waals surface area contributed by atoms with E-state index in [9.17, 15) is 5.11 Å². The van der Waals surface area contributed by atoms with Crippen molar-refractivity contribution in [1.29, 1.82) is 0 Å². The third kappa shape index (κ3) is 4.17. The van der Waals surface area contributed by atoms with Crippen LogP contribution in [-0.4, -0.2) is 21.9 Å². The Morgan fingerprint density at radius 2 is 2.06 bits per heavy atom. The average molecular weight is 250 g/mol. The van der Waals surface area contributed by atoms with Crippen LogP contribution in [0.2, 0.25) is 0 Å². The molecule has 0 amide bonds. The van der Waals surface area contributed by atoms with Crippen LogP contribution in [0.3, 0.4) is 0 Å². The second-order valence-corrected chi connectivity index (χ2v) is 4.76. The first-order chi connectivity index (χ1) is 8.58. The molecule has 3 N–H and O–H groups in total. The summed E-state index contributed by atoms with van der Waals surface area (Å²) in [5.74, 6) is 0.505. The fourth-order valence-corrected chi connectivity index (χ4v) is 1.79. The molecule has 0 bridgehead atoms. The van der Waals surface area contributed by atoms with Gasteiger partial charge in [-0.05, 0) is 42.9 Å². The molecule has 0 aliphatic heterocycles. The van der Waals surface area contributed by atoms with Crippen molar-refractivity contribution < 1.29 is 15.3 Å². The molecule has 0 aliphatic rings. The number of hydrogen-bond donors (Lipinski definition) is 3. The largest absolute Gasteiger partial charge is 0.507 e. The van der Waals surface area contributed by atoms with Gasteiger partial charge in [-0.15, -0.1) is 0 Å². The molecule has 0 saturated carbocycles. The molecule has 3 heteroatoms. The Bertz CT molecular complexity index is 410. The Morgan fingerprint density at radius 3 is 2.61 bits per heavy atom. The van der Waals surface area contributed by atoms with E-state index in [-0.39, 0.29) is 19.0 Å². The fourth-order valence-electron chi connectivity index (χ4n) is 1.79. The summed E-state index contributed by atoms with van der Waals surface area (Å²) in [4.78, 5) is 0. The molecule has 0 spiro atoms. The van der Waals surface area contributed by atoms with E-state index in [4.69, 9.17) is 10.2 Å². The van der Waals surface area contributed by atoms with Gasteiger partial charge in [-0.2, -0.15) is 0 Å². The van der Waals surface area contributed by atoms with Crippen LogP contribution in [0.5, 0.6) is 5.75 Å². The lowest BCUT2D eigenvalue weighted by molar-refractivity contribution is 0.231. The van der Waals surface area contributed by atoms with Gasteiger partial charge in [0.05, 0.1) is 6.61 Å². The number of aromatic hydroxyl groups is 1. The van der Waals surface area contributed by atoms with E-state index in [0.29, 0.717) is 11.5 Å². The Kier molecular flexibility index (Phi) is 5.89. The second-order valence-electron chi connectivity index (χ2n) is 4.76. The van der Waals surface area contributed by atoms with E-state index < -0.39 is 0 Å². The van der Waals surface area contributed by atoms with Gasteiger partial charge in [-0.3, -0.25) is 0 Å². The number of benzene rings is 1. The second kappa shape index (κ2) is 7.19. The van der Waals surface area contributed by atoms with Crippen LogP contribution >= 0.6 is 0 Å². The first-order valence-corrected chi connectivity index (χ1v) is 6.29. The standard InChI is InChI=1S/C15H22O3/c1-11(9-16)4-3-5-12(2)14-7-6-13(10-17)8-15(14)18/h5-8,11,16-18H,3-4,9-10H2,1-2H3/t11-/m0/s1. The highest BCUT2D eigenvalue weighted by molar-refractivity contribution is 5.69. The van der Waals surface area contributed by atoms with Crippen LogP contribution in [0.25, 0.3) is 5.57 Å². The summed E-state index contributed by atoms with van der Waals surface area (Å²) in [6, 6.07) is 5.22. The molecular weight excluding hydrogens is 228 g/mol. The highest BCUT2D eigenvalue weighted by Gasteiger charge is 2.04. The van der Waals surface area contributed by atoms with Gasteiger partial charge in [0, 0.05) is 12.2 Å². The SMILES string of the molecule is CC(=CCC[C@H](C)CO)c1ccc(CO)cc1O. The third-order valence-electron chi connectivity index (χ3n) is 3.09. The lowest BCUT2D eigenvalue weighted by atomic mass is 10.0. The first kappa shape index (κ1) is 14.7. The molecule has 3 nitrogen and oxygen atoms in total. The molecule has 0 aliphatic carbocycles. The van der Waals surface area contributed by atoms with Gasteiger partial charge in [-0.25, -0.2) is 0 Å². The van der Waals surface area contributed by atoms with Crippen LogP contribution in [0, 0.1) is 5.92 Å². The highest BCUT2D eigenvalue weighted by Crippen LogP contribution is 2.26. The van der Waals surface area contributed by atoms with Crippen LogP contribution in [0.4, 0.5) is 0 Å². The van der Waals surface area contributed by atoms with Gasteiger partial charge in [0.2, 0.25) is 0 Å². The molecule has 0 radical (unpaired) electrons. The minimum Gasteiger partial charge on any atom is -0.507 e. The minimum absolute atomic E-state index is 0.0649. The number of aliphatic hydroxyl groups excluding tert-OH is 2. The molecule has 1 rings (SSSR count). The van der Waals surface area contributed by atoms with Crippen molar-refractivity contribution in [2.45, 2.75) is 33.3 Å². The normalized spacial score (nSPS) is 13.7. The molecule has 0 fully saturated rings. The molecule has 18 heavy (non-hydrogen) atoms. The van der Waals surface area contributed by atoms with Crippen molar-refractivity contribution >= 4 is 5.57 Å². The van der Waals surface area contributed by atoms with Crippen LogP contribution in [-0.2, 0) is 6.61 Å². The molecule has 0 saturated heterocycles. The number of hydrogen-bond acceptors (Lipinski definition) is 3. The van der Waals surface area contributed by atoms with Crippen LogP contribution < -0.4 is 0 Å². The Hall–Kier alpha value is -1.32. The Labute approximate surface area is 108 Å². The highest BCUT2D eigenvalue weighted by atomic mass is 16.3. The van der Waals surface area contributed by atoms with Gasteiger partial charge >= 0.3 is 0 Å². The van der Waals surface area contributed by atoms with Gasteiger partial charge in [0.25, 0.3) is 0 Å². The summed E-state index contributed by atoms with van der Waals surface area (Å²) in [6.07, 6.45) is 3.89. The summed E-state index contributed by atoms with van der Waals surface area (Å²) in [6.45, 7) is 4.11. The fraction of sp³-hybridized carbons (Fsp3) is 0.467. The monoisotopic (exact) mass is 250 g/mol. The number of aliphatic hydroxyl groups is 2. The van der Waals surface area contributed by atoms with E-state index in [1.807, 2.05) is 26.0 Å². The van der Waals surface area contributed by atoms with Gasteiger partial charge in [-0.1, -0.05) is 25.1 Å². The zero-order valence-electron chi connectivity index (χ0n) is 11.1. The predicted octanol–water partition coefficient (Wildman–Crippen LogP) is 2.70. The van der Waals surface area contributed by atoms with Crippen LogP contribution in [0.15, 0.2) is 24.3 Å². The van der Waals surface area contributed by atoms with Crippen molar-refractivity contribution in [2.24, 2.45) is 5.92 Å². The van der Waals surface area contributed by atoms with Gasteiger partial charge in [0.15, 0.2) is 0 Å². The van der Waals surface area contributed by atoms with Gasteiger partial charge < -0.3 is 15.3 Å². The number of rotatable bonds is 6. The number of allylic oxidation sites excluding steroid dienone is 2. The van der Waals surface area contributed by atoms with Crippen molar-refractivity contribution in [2.75, 3.05) is 6.61 Å². The molecule has 100 valence electrons. The maximum atomic E-state index is 9.86. The summed E-state index contributed by atoms with van der Waals surface area (Å²) < 4.78 is 0. The zero-order chi connectivity index (χ0) is 13.5. The van der Waals surface area contributed by atoms with E-state index in [2.05, 4.69) is 6.08 Å². The van der Waals surface area contributed by atoms with Crippen molar-refractivity contribution in [3.63, 3.8) is 0 Å². The molecule has 1 aromatic rings. The summed E-state index contributed by atoms with van der Waals surface area (Å²) in [5.41, 5.74) is 2.52.